The van der Waals surface area contributed by atoms with Crippen molar-refractivity contribution in [2.24, 2.45) is 0 Å². The Labute approximate surface area is 236 Å². The smallest absolute Gasteiger partial charge is 0.255 e. The van der Waals surface area contributed by atoms with Crippen LogP contribution >= 0.6 is 0 Å². The van der Waals surface area contributed by atoms with Crippen molar-refractivity contribution in [3.63, 3.8) is 0 Å². The highest BCUT2D eigenvalue weighted by Gasteiger charge is 2.32. The number of ether oxygens (including phenoxy) is 1. The first kappa shape index (κ1) is 27.6. The highest BCUT2D eigenvalue weighted by molar-refractivity contribution is 7.89. The second kappa shape index (κ2) is 12.0. The molecule has 1 heterocycles. The summed E-state index contributed by atoms with van der Waals surface area (Å²) in [4.78, 5) is 15.3. The maximum atomic E-state index is 13.7. The van der Waals surface area contributed by atoms with Crippen LogP contribution in [0.3, 0.4) is 0 Å². The molecule has 1 N–H and O–H groups in total. The van der Waals surface area contributed by atoms with Crippen LogP contribution in [0.2, 0.25) is 0 Å². The maximum absolute atomic E-state index is 13.7. The molecule has 0 atom stereocenters. The molecule has 0 aromatic heterocycles. The minimum Gasteiger partial charge on any atom is -0.495 e. The molecule has 4 aromatic rings. The molecule has 8 heteroatoms. The van der Waals surface area contributed by atoms with E-state index < -0.39 is 10.0 Å². The zero-order valence-electron chi connectivity index (χ0n) is 22.7. The van der Waals surface area contributed by atoms with Gasteiger partial charge in [-0.1, -0.05) is 78.4 Å². The molecule has 0 unspecified atom stereocenters. The van der Waals surface area contributed by atoms with Crippen molar-refractivity contribution >= 4 is 21.6 Å². The van der Waals surface area contributed by atoms with Crippen LogP contribution in [-0.4, -0.2) is 56.8 Å². The summed E-state index contributed by atoms with van der Waals surface area (Å²) in [5, 5.41) is 2.82. The number of piperazine rings is 1. The predicted octanol–water partition coefficient (Wildman–Crippen LogP) is 5.35. The predicted molar refractivity (Wildman–Crippen MR) is 157 cm³/mol. The van der Waals surface area contributed by atoms with Gasteiger partial charge in [-0.25, -0.2) is 8.42 Å². The first-order valence-corrected chi connectivity index (χ1v) is 14.7. The molecule has 0 bridgehead atoms. The third kappa shape index (κ3) is 5.94. The number of amides is 1. The van der Waals surface area contributed by atoms with Crippen molar-refractivity contribution in [3.8, 4) is 5.75 Å². The zero-order chi connectivity index (χ0) is 28.1. The molecule has 1 saturated heterocycles. The standard InChI is InChI=1S/C32H33N3O4S/c1-24-13-15-27(16-14-24)32(36)33-29-23-28(17-18-30(29)39-2)40(37,38)35-21-19-34(20-22-35)31(25-9-5-3-6-10-25)26-11-7-4-8-12-26/h3-18,23,31H,19-22H2,1-2H3,(H,33,36). The number of rotatable bonds is 8. The Hall–Kier alpha value is -3.98. The summed E-state index contributed by atoms with van der Waals surface area (Å²) in [6.45, 7) is 3.83. The Morgan fingerprint density at radius 2 is 1.38 bits per heavy atom. The highest BCUT2D eigenvalue weighted by atomic mass is 32.2. The summed E-state index contributed by atoms with van der Waals surface area (Å²) in [7, 11) is -2.31. The molecule has 0 aliphatic carbocycles. The van der Waals surface area contributed by atoms with E-state index >= 15 is 0 Å². The molecule has 4 aromatic carbocycles. The topological polar surface area (TPSA) is 79.0 Å². The third-order valence-corrected chi connectivity index (χ3v) is 9.13. The molecule has 5 rings (SSSR count). The number of sulfonamides is 1. The lowest BCUT2D eigenvalue weighted by molar-refractivity contribution is 0.102. The number of hydrogen-bond acceptors (Lipinski definition) is 5. The zero-order valence-corrected chi connectivity index (χ0v) is 23.5. The number of nitrogens with zero attached hydrogens (tertiary/aromatic N) is 2. The van der Waals surface area contributed by atoms with E-state index in [1.165, 1.54) is 34.7 Å². The van der Waals surface area contributed by atoms with E-state index in [0.29, 0.717) is 43.2 Å². The molecule has 1 fully saturated rings. The van der Waals surface area contributed by atoms with E-state index in [0.717, 1.165) is 5.56 Å². The van der Waals surface area contributed by atoms with Gasteiger partial charge in [0.1, 0.15) is 5.75 Å². The molecule has 1 aliphatic heterocycles. The number of carbonyl (C=O) groups excluding carboxylic acids is 1. The van der Waals surface area contributed by atoms with E-state index in [1.54, 1.807) is 18.2 Å². The average Bonchev–Trinajstić information content (AvgIpc) is 2.99. The number of hydrogen-bond donors (Lipinski definition) is 1. The number of carbonyl (C=O) groups is 1. The van der Waals surface area contributed by atoms with E-state index in [9.17, 15) is 13.2 Å². The number of nitrogens with one attached hydrogen (secondary N) is 1. The molecule has 7 nitrogen and oxygen atoms in total. The summed E-state index contributed by atoms with van der Waals surface area (Å²) in [6, 6.07) is 32.4. The van der Waals surface area contributed by atoms with Gasteiger partial charge >= 0.3 is 0 Å². The van der Waals surface area contributed by atoms with E-state index in [2.05, 4.69) is 34.5 Å². The van der Waals surface area contributed by atoms with Gasteiger partial charge in [-0.3, -0.25) is 9.69 Å². The minimum atomic E-state index is -3.79. The van der Waals surface area contributed by atoms with Gasteiger partial charge in [0.2, 0.25) is 10.0 Å². The summed E-state index contributed by atoms with van der Waals surface area (Å²) < 4.78 is 34.3. The van der Waals surface area contributed by atoms with Gasteiger partial charge in [0.15, 0.2) is 0 Å². The fourth-order valence-corrected chi connectivity index (χ4v) is 6.53. The van der Waals surface area contributed by atoms with Crippen LogP contribution in [0.1, 0.15) is 33.1 Å². The average molecular weight is 556 g/mol. The molecule has 1 aliphatic rings. The Morgan fingerprint density at radius 3 is 1.93 bits per heavy atom. The molecule has 0 spiro atoms. The van der Waals surface area contributed by atoms with Crippen molar-refractivity contribution in [1.82, 2.24) is 9.21 Å². The summed E-state index contributed by atoms with van der Waals surface area (Å²) in [5.41, 5.74) is 4.17. The Balaban J connectivity index is 1.34. The fraction of sp³-hybridized carbons (Fsp3) is 0.219. The fourth-order valence-electron chi connectivity index (χ4n) is 5.08. The summed E-state index contributed by atoms with van der Waals surface area (Å²) in [6.07, 6.45) is 0. The van der Waals surface area contributed by atoms with Gasteiger partial charge in [-0.15, -0.1) is 0 Å². The van der Waals surface area contributed by atoms with Gasteiger partial charge in [-0.2, -0.15) is 4.31 Å². The Morgan fingerprint density at radius 1 is 0.800 bits per heavy atom. The lowest BCUT2D eigenvalue weighted by atomic mass is 9.96. The molecule has 206 valence electrons. The summed E-state index contributed by atoms with van der Waals surface area (Å²) >= 11 is 0. The van der Waals surface area contributed by atoms with Gasteiger partial charge in [0, 0.05) is 31.7 Å². The van der Waals surface area contributed by atoms with E-state index in [1.807, 2.05) is 55.5 Å². The van der Waals surface area contributed by atoms with Crippen LogP contribution < -0.4 is 10.1 Å². The van der Waals surface area contributed by atoms with Crippen LogP contribution in [0.15, 0.2) is 108 Å². The lowest BCUT2D eigenvalue weighted by Crippen LogP contribution is -2.49. The molecule has 1 amide bonds. The van der Waals surface area contributed by atoms with E-state index in [-0.39, 0.29) is 16.8 Å². The van der Waals surface area contributed by atoms with Crippen LogP contribution in [0.4, 0.5) is 5.69 Å². The van der Waals surface area contributed by atoms with Crippen LogP contribution in [0.5, 0.6) is 5.75 Å². The number of benzene rings is 4. The van der Waals surface area contributed by atoms with Crippen LogP contribution in [0.25, 0.3) is 0 Å². The maximum Gasteiger partial charge on any atom is 0.255 e. The normalized spacial score (nSPS) is 14.7. The first-order chi connectivity index (χ1) is 19.4. The van der Waals surface area contributed by atoms with Crippen molar-refractivity contribution in [1.29, 1.82) is 0 Å². The van der Waals surface area contributed by atoms with Crippen molar-refractivity contribution < 1.29 is 17.9 Å². The van der Waals surface area contributed by atoms with Crippen molar-refractivity contribution in [3.05, 3.63) is 125 Å². The summed E-state index contributed by atoms with van der Waals surface area (Å²) in [5.74, 6) is 0.0483. The van der Waals surface area contributed by atoms with E-state index in [4.69, 9.17) is 4.74 Å². The number of aryl methyl sites for hydroxylation is 1. The molecular formula is C32H33N3O4S. The molecular weight excluding hydrogens is 522 g/mol. The van der Waals surface area contributed by atoms with Gasteiger partial charge in [-0.05, 0) is 48.4 Å². The quantitative estimate of drug-likeness (QED) is 0.317. The SMILES string of the molecule is COc1ccc(S(=O)(=O)N2CCN(C(c3ccccc3)c3ccccc3)CC2)cc1NC(=O)c1ccc(C)cc1. The molecule has 40 heavy (non-hydrogen) atoms. The second-order valence-electron chi connectivity index (χ2n) is 9.85. The van der Waals surface area contributed by atoms with Crippen LogP contribution in [0, 0.1) is 6.92 Å². The van der Waals surface area contributed by atoms with Gasteiger partial charge < -0.3 is 10.1 Å². The molecule has 0 radical (unpaired) electrons. The largest absolute Gasteiger partial charge is 0.495 e. The van der Waals surface area contributed by atoms with Crippen molar-refractivity contribution in [2.75, 3.05) is 38.6 Å². The molecule has 0 saturated carbocycles. The third-order valence-electron chi connectivity index (χ3n) is 7.24. The monoisotopic (exact) mass is 555 g/mol. The van der Waals surface area contributed by atoms with Crippen molar-refractivity contribution in [2.45, 2.75) is 17.9 Å². The number of methoxy groups -OCH3 is 1. The lowest BCUT2D eigenvalue weighted by Gasteiger charge is -2.39. The first-order valence-electron chi connectivity index (χ1n) is 13.3. The Bertz CT molecular complexity index is 1510. The van der Waals surface area contributed by atoms with Gasteiger partial charge in [0.25, 0.3) is 5.91 Å². The Kier molecular flexibility index (Phi) is 8.30. The second-order valence-corrected chi connectivity index (χ2v) is 11.8. The van der Waals surface area contributed by atoms with Gasteiger partial charge in [0.05, 0.1) is 23.7 Å². The number of anilines is 1. The van der Waals surface area contributed by atoms with Crippen LogP contribution in [-0.2, 0) is 10.0 Å². The highest BCUT2D eigenvalue weighted by Crippen LogP contribution is 2.32. The minimum absolute atomic E-state index is 0.0387.